The third-order valence-corrected chi connectivity index (χ3v) is 6.58. The number of piperidine rings is 2. The molecule has 154 valence electrons. The maximum Gasteiger partial charge on any atom is 0.226 e. The van der Waals surface area contributed by atoms with Crippen LogP contribution in [0, 0.1) is 5.92 Å². The molecule has 0 bridgehead atoms. The van der Waals surface area contributed by atoms with Crippen LogP contribution in [0.3, 0.4) is 0 Å². The molecule has 0 spiro atoms. The molecule has 3 fully saturated rings. The van der Waals surface area contributed by atoms with Crippen LogP contribution in [0.25, 0.3) is 0 Å². The van der Waals surface area contributed by atoms with Gasteiger partial charge in [0.05, 0.1) is 5.92 Å². The largest absolute Gasteiger partial charge is 0.360 e. The van der Waals surface area contributed by atoms with Crippen molar-refractivity contribution in [1.82, 2.24) is 19.8 Å². The highest BCUT2D eigenvalue weighted by Crippen LogP contribution is 2.29. The van der Waals surface area contributed by atoms with Crippen LogP contribution in [0.4, 0.5) is 11.6 Å². The number of nitrogens with zero attached hydrogens (tertiary/aromatic N) is 6. The Hall–Kier alpha value is -1.89. The van der Waals surface area contributed by atoms with Crippen molar-refractivity contribution in [2.75, 3.05) is 63.2 Å². The normalized spacial score (nSPS) is 24.6. The summed E-state index contributed by atoms with van der Waals surface area (Å²) in [6.45, 7) is 6.05. The van der Waals surface area contributed by atoms with Gasteiger partial charge in [-0.1, -0.05) is 0 Å². The molecule has 0 N–H and O–H groups in total. The van der Waals surface area contributed by atoms with E-state index in [0.717, 1.165) is 76.6 Å². The average Bonchev–Trinajstić information content (AvgIpc) is 3.28. The topological polar surface area (TPSA) is 55.8 Å². The number of rotatable bonds is 4. The predicted octanol–water partition coefficient (Wildman–Crippen LogP) is 1.85. The summed E-state index contributed by atoms with van der Waals surface area (Å²) in [6, 6.07) is 0.588. The van der Waals surface area contributed by atoms with Gasteiger partial charge in [-0.05, 0) is 45.1 Å². The van der Waals surface area contributed by atoms with Crippen LogP contribution in [0.2, 0.25) is 0 Å². The van der Waals surface area contributed by atoms with E-state index in [0.29, 0.717) is 11.9 Å². The van der Waals surface area contributed by atoms with E-state index in [1.54, 1.807) is 12.4 Å². The smallest absolute Gasteiger partial charge is 0.226 e. The zero-order chi connectivity index (χ0) is 19.5. The molecule has 7 nitrogen and oxygen atoms in total. The quantitative estimate of drug-likeness (QED) is 0.787. The third kappa shape index (κ3) is 4.09. The molecule has 3 saturated heterocycles. The number of carbonyl (C=O) groups is 1. The Balaban J connectivity index is 1.34. The van der Waals surface area contributed by atoms with E-state index in [-0.39, 0.29) is 5.92 Å². The second-order valence-corrected chi connectivity index (χ2v) is 8.68. The zero-order valence-electron chi connectivity index (χ0n) is 17.4. The van der Waals surface area contributed by atoms with Gasteiger partial charge in [-0.15, -0.1) is 0 Å². The van der Waals surface area contributed by atoms with Gasteiger partial charge >= 0.3 is 0 Å². The van der Waals surface area contributed by atoms with Crippen LogP contribution in [0.15, 0.2) is 12.4 Å². The molecule has 4 heterocycles. The molecule has 0 saturated carbocycles. The number of carbonyl (C=O) groups excluding carboxylic acids is 1. The molecule has 3 aliphatic rings. The second-order valence-electron chi connectivity index (χ2n) is 8.68. The van der Waals surface area contributed by atoms with Crippen LogP contribution in [0.5, 0.6) is 0 Å². The molecule has 1 amide bonds. The van der Waals surface area contributed by atoms with Crippen LogP contribution >= 0.6 is 0 Å². The van der Waals surface area contributed by atoms with Crippen LogP contribution in [-0.2, 0) is 4.79 Å². The number of hydrogen-bond donors (Lipinski definition) is 0. The number of hydrogen-bond acceptors (Lipinski definition) is 6. The standard InChI is InChI=1S/C21H34N6O/c1-24(2)19-20(23-10-9-22-19)25-14-7-18(8-15-25)27-13-5-6-17(16-27)21(28)26-11-3-4-12-26/h9-10,17-18H,3-8,11-16H2,1-2H3/t17-/m0/s1. The van der Waals surface area contributed by atoms with E-state index in [4.69, 9.17) is 0 Å². The van der Waals surface area contributed by atoms with Gasteiger partial charge in [-0.3, -0.25) is 9.69 Å². The first-order valence-electron chi connectivity index (χ1n) is 10.9. The second kappa shape index (κ2) is 8.64. The number of likely N-dealkylation sites (tertiary alicyclic amines) is 2. The first-order chi connectivity index (χ1) is 13.6. The fourth-order valence-electron chi connectivity index (χ4n) is 5.04. The molecule has 0 aliphatic carbocycles. The van der Waals surface area contributed by atoms with Gasteiger partial charge in [-0.2, -0.15) is 0 Å². The van der Waals surface area contributed by atoms with Crippen LogP contribution in [0.1, 0.15) is 38.5 Å². The van der Waals surface area contributed by atoms with Crippen LogP contribution < -0.4 is 9.80 Å². The Bertz CT molecular complexity index is 667. The van der Waals surface area contributed by atoms with Crippen molar-refractivity contribution >= 4 is 17.5 Å². The van der Waals surface area contributed by atoms with Gasteiger partial charge in [0.25, 0.3) is 0 Å². The Morgan fingerprint density at radius 2 is 1.68 bits per heavy atom. The Labute approximate surface area is 168 Å². The van der Waals surface area contributed by atoms with Gasteiger partial charge in [0.1, 0.15) is 0 Å². The molecule has 0 radical (unpaired) electrons. The van der Waals surface area contributed by atoms with E-state index in [9.17, 15) is 4.79 Å². The lowest BCUT2D eigenvalue weighted by Crippen LogP contribution is -2.51. The van der Waals surface area contributed by atoms with Gasteiger partial charge in [0, 0.05) is 65.3 Å². The van der Waals surface area contributed by atoms with E-state index in [1.165, 1.54) is 12.8 Å². The lowest BCUT2D eigenvalue weighted by molar-refractivity contribution is -0.136. The lowest BCUT2D eigenvalue weighted by atomic mass is 9.93. The molecular formula is C21H34N6O. The Morgan fingerprint density at radius 3 is 2.39 bits per heavy atom. The third-order valence-electron chi connectivity index (χ3n) is 6.58. The molecule has 1 aromatic rings. The van der Waals surface area contributed by atoms with Gasteiger partial charge < -0.3 is 14.7 Å². The molecule has 3 aliphatic heterocycles. The molecular weight excluding hydrogens is 352 g/mol. The number of anilines is 2. The minimum Gasteiger partial charge on any atom is -0.360 e. The molecule has 4 rings (SSSR count). The SMILES string of the molecule is CN(C)c1nccnc1N1CCC(N2CCC[C@H](C(=O)N3CCCC3)C2)CC1. The highest BCUT2D eigenvalue weighted by Gasteiger charge is 2.34. The summed E-state index contributed by atoms with van der Waals surface area (Å²) in [5.74, 6) is 2.56. The summed E-state index contributed by atoms with van der Waals surface area (Å²) in [7, 11) is 4.04. The first kappa shape index (κ1) is 19.4. The number of amides is 1. The van der Waals surface area contributed by atoms with Crippen molar-refractivity contribution < 1.29 is 4.79 Å². The first-order valence-corrected chi connectivity index (χ1v) is 10.9. The summed E-state index contributed by atoms with van der Waals surface area (Å²) >= 11 is 0. The summed E-state index contributed by atoms with van der Waals surface area (Å²) in [6.07, 6.45) is 10.4. The summed E-state index contributed by atoms with van der Waals surface area (Å²) in [5.41, 5.74) is 0. The van der Waals surface area contributed by atoms with Crippen molar-refractivity contribution in [3.05, 3.63) is 12.4 Å². The minimum atomic E-state index is 0.213. The van der Waals surface area contributed by atoms with Crippen molar-refractivity contribution in [3.63, 3.8) is 0 Å². The van der Waals surface area contributed by atoms with Gasteiger partial charge in [-0.25, -0.2) is 9.97 Å². The molecule has 1 aromatic heterocycles. The Kier molecular flexibility index (Phi) is 5.99. The van der Waals surface area contributed by atoms with E-state index in [1.807, 2.05) is 19.0 Å². The minimum absolute atomic E-state index is 0.213. The van der Waals surface area contributed by atoms with Gasteiger partial charge in [0.15, 0.2) is 11.6 Å². The molecule has 0 aromatic carbocycles. The van der Waals surface area contributed by atoms with Crippen molar-refractivity contribution in [1.29, 1.82) is 0 Å². The lowest BCUT2D eigenvalue weighted by Gasteiger charge is -2.43. The van der Waals surface area contributed by atoms with Crippen molar-refractivity contribution in [2.45, 2.75) is 44.6 Å². The zero-order valence-corrected chi connectivity index (χ0v) is 17.4. The highest BCUT2D eigenvalue weighted by molar-refractivity contribution is 5.79. The predicted molar refractivity (Wildman–Crippen MR) is 112 cm³/mol. The van der Waals surface area contributed by atoms with E-state index < -0.39 is 0 Å². The monoisotopic (exact) mass is 386 g/mol. The fourth-order valence-corrected chi connectivity index (χ4v) is 5.04. The molecule has 1 atom stereocenters. The summed E-state index contributed by atoms with van der Waals surface area (Å²) < 4.78 is 0. The maximum absolute atomic E-state index is 12.8. The van der Waals surface area contributed by atoms with Gasteiger partial charge in [0.2, 0.25) is 5.91 Å². The highest BCUT2D eigenvalue weighted by atomic mass is 16.2. The van der Waals surface area contributed by atoms with Crippen molar-refractivity contribution in [2.24, 2.45) is 5.92 Å². The molecule has 0 unspecified atom stereocenters. The Morgan fingerprint density at radius 1 is 0.964 bits per heavy atom. The fraction of sp³-hybridized carbons (Fsp3) is 0.762. The number of aromatic nitrogens is 2. The van der Waals surface area contributed by atoms with E-state index >= 15 is 0 Å². The maximum atomic E-state index is 12.8. The molecule has 7 heteroatoms. The summed E-state index contributed by atoms with van der Waals surface area (Å²) in [4.78, 5) is 31.0. The van der Waals surface area contributed by atoms with Crippen molar-refractivity contribution in [3.8, 4) is 0 Å². The average molecular weight is 387 g/mol. The van der Waals surface area contributed by atoms with E-state index in [2.05, 4.69) is 24.7 Å². The van der Waals surface area contributed by atoms with Crippen LogP contribution in [-0.4, -0.2) is 85.1 Å². The summed E-state index contributed by atoms with van der Waals surface area (Å²) in [5, 5.41) is 0. The molecule has 28 heavy (non-hydrogen) atoms.